The van der Waals surface area contributed by atoms with E-state index >= 15 is 0 Å². The molecular weight excluding hydrogens is 283 g/mol. The molecule has 1 saturated heterocycles. The van der Waals surface area contributed by atoms with Crippen molar-refractivity contribution in [2.45, 2.75) is 18.9 Å². The third-order valence-electron chi connectivity index (χ3n) is 3.41. The van der Waals surface area contributed by atoms with Gasteiger partial charge < -0.3 is 15.7 Å². The first-order chi connectivity index (χ1) is 9.16. The van der Waals surface area contributed by atoms with E-state index in [1.54, 1.807) is 12.1 Å². The Morgan fingerprint density at radius 3 is 2.80 bits per heavy atom. The first-order valence-electron chi connectivity index (χ1n) is 6.59. The summed E-state index contributed by atoms with van der Waals surface area (Å²) in [5, 5.41) is 15.8. The number of aliphatic hydroxyl groups is 1. The lowest BCUT2D eigenvalue weighted by atomic mass is 9.97. The normalized spacial score (nSPS) is 17.1. The number of rotatable bonds is 4. The van der Waals surface area contributed by atoms with Crippen LogP contribution in [0.3, 0.4) is 0 Å². The highest BCUT2D eigenvalue weighted by Crippen LogP contribution is 2.15. The number of amides is 1. The molecule has 20 heavy (non-hydrogen) atoms. The highest BCUT2D eigenvalue weighted by atomic mass is 35.5. The van der Waals surface area contributed by atoms with Crippen LogP contribution in [-0.4, -0.2) is 30.6 Å². The number of carbonyl (C=O) groups is 1. The zero-order valence-electron chi connectivity index (χ0n) is 11.1. The molecule has 1 heterocycles. The van der Waals surface area contributed by atoms with Crippen molar-refractivity contribution in [3.8, 4) is 0 Å². The van der Waals surface area contributed by atoms with Crippen molar-refractivity contribution in [1.82, 2.24) is 10.6 Å². The Kier molecular flexibility index (Phi) is 6.91. The monoisotopic (exact) mass is 302 g/mol. The molecular formula is C14H20ClFN2O2. The van der Waals surface area contributed by atoms with Gasteiger partial charge in [0.25, 0.3) is 0 Å². The summed E-state index contributed by atoms with van der Waals surface area (Å²) in [5.74, 6) is -0.404. The Labute approximate surface area is 124 Å². The molecule has 0 saturated carbocycles. The van der Waals surface area contributed by atoms with Gasteiger partial charge in [0.2, 0.25) is 5.91 Å². The van der Waals surface area contributed by atoms with Gasteiger partial charge in [-0.2, -0.15) is 0 Å². The first kappa shape index (κ1) is 16.9. The van der Waals surface area contributed by atoms with E-state index in [1.165, 1.54) is 12.1 Å². The van der Waals surface area contributed by atoms with Gasteiger partial charge in [-0.15, -0.1) is 12.4 Å². The van der Waals surface area contributed by atoms with E-state index in [0.29, 0.717) is 5.56 Å². The second kappa shape index (κ2) is 8.19. The molecule has 1 fully saturated rings. The van der Waals surface area contributed by atoms with Crippen molar-refractivity contribution in [3.05, 3.63) is 35.6 Å². The van der Waals surface area contributed by atoms with E-state index in [-0.39, 0.29) is 36.6 Å². The highest BCUT2D eigenvalue weighted by Gasteiger charge is 2.21. The largest absolute Gasteiger partial charge is 0.387 e. The van der Waals surface area contributed by atoms with Gasteiger partial charge in [-0.25, -0.2) is 4.39 Å². The van der Waals surface area contributed by atoms with Crippen LogP contribution in [0.25, 0.3) is 0 Å². The quantitative estimate of drug-likeness (QED) is 0.788. The number of hydrogen-bond acceptors (Lipinski definition) is 3. The summed E-state index contributed by atoms with van der Waals surface area (Å²) >= 11 is 0. The molecule has 3 N–H and O–H groups in total. The van der Waals surface area contributed by atoms with Gasteiger partial charge in [0.05, 0.1) is 6.10 Å². The van der Waals surface area contributed by atoms with Crippen molar-refractivity contribution in [2.24, 2.45) is 5.92 Å². The zero-order valence-corrected chi connectivity index (χ0v) is 12.0. The van der Waals surface area contributed by atoms with E-state index in [9.17, 15) is 14.3 Å². The van der Waals surface area contributed by atoms with E-state index in [2.05, 4.69) is 10.6 Å². The minimum absolute atomic E-state index is 0. The minimum atomic E-state index is -0.874. The third kappa shape index (κ3) is 4.74. The summed E-state index contributed by atoms with van der Waals surface area (Å²) < 4.78 is 13.0. The summed E-state index contributed by atoms with van der Waals surface area (Å²) in [6, 6.07) is 5.79. The molecule has 0 spiro atoms. The number of benzene rings is 1. The van der Waals surface area contributed by atoms with Gasteiger partial charge >= 0.3 is 0 Å². The third-order valence-corrected chi connectivity index (χ3v) is 3.41. The Bertz CT molecular complexity index is 439. The second-order valence-corrected chi connectivity index (χ2v) is 4.84. The van der Waals surface area contributed by atoms with Crippen molar-refractivity contribution in [3.63, 3.8) is 0 Å². The Morgan fingerprint density at radius 2 is 2.15 bits per heavy atom. The molecule has 0 aromatic heterocycles. The predicted molar refractivity (Wildman–Crippen MR) is 77.2 cm³/mol. The number of carbonyl (C=O) groups excluding carboxylic acids is 1. The number of nitrogens with one attached hydrogen (secondary N) is 2. The van der Waals surface area contributed by atoms with E-state index in [1.807, 2.05) is 0 Å². The van der Waals surface area contributed by atoms with Gasteiger partial charge in [-0.05, 0) is 43.6 Å². The smallest absolute Gasteiger partial charge is 0.223 e. The maximum Gasteiger partial charge on any atom is 0.223 e. The van der Waals surface area contributed by atoms with Crippen LogP contribution in [0.4, 0.5) is 4.39 Å². The van der Waals surface area contributed by atoms with Crippen LogP contribution in [0.2, 0.25) is 0 Å². The molecule has 1 aliphatic heterocycles. The molecule has 1 aliphatic rings. The van der Waals surface area contributed by atoms with Crippen LogP contribution in [-0.2, 0) is 4.79 Å². The van der Waals surface area contributed by atoms with Crippen molar-refractivity contribution >= 4 is 18.3 Å². The number of halogens is 2. The maximum atomic E-state index is 13.0. The standard InChI is InChI=1S/C14H19FN2O2.ClH/c15-12-3-1-2-11(8-12)13(18)9-17-14(19)10-4-6-16-7-5-10;/h1-3,8,10,13,16,18H,4-7,9H2,(H,17,19);1H. The second-order valence-electron chi connectivity index (χ2n) is 4.84. The molecule has 0 aliphatic carbocycles. The average molecular weight is 303 g/mol. The summed E-state index contributed by atoms with van der Waals surface area (Å²) in [7, 11) is 0. The van der Waals surface area contributed by atoms with Gasteiger partial charge in [-0.1, -0.05) is 12.1 Å². The molecule has 1 amide bonds. The fourth-order valence-corrected chi connectivity index (χ4v) is 2.26. The molecule has 1 aromatic carbocycles. The first-order valence-corrected chi connectivity index (χ1v) is 6.59. The van der Waals surface area contributed by atoms with Crippen molar-refractivity contribution in [1.29, 1.82) is 0 Å². The lowest BCUT2D eigenvalue weighted by molar-refractivity contribution is -0.126. The Morgan fingerprint density at radius 1 is 1.45 bits per heavy atom. The molecule has 1 unspecified atom stereocenters. The topological polar surface area (TPSA) is 61.4 Å². The van der Waals surface area contributed by atoms with Crippen LogP contribution in [0, 0.1) is 11.7 Å². The van der Waals surface area contributed by atoms with Gasteiger partial charge in [0.1, 0.15) is 5.82 Å². The van der Waals surface area contributed by atoms with Crippen molar-refractivity contribution < 1.29 is 14.3 Å². The molecule has 4 nitrogen and oxygen atoms in total. The molecule has 0 radical (unpaired) electrons. The lowest BCUT2D eigenvalue weighted by Gasteiger charge is -2.22. The predicted octanol–water partition coefficient (Wildman–Crippen LogP) is 1.40. The van der Waals surface area contributed by atoms with Crippen LogP contribution in [0.15, 0.2) is 24.3 Å². The zero-order chi connectivity index (χ0) is 13.7. The van der Waals surface area contributed by atoms with E-state index in [0.717, 1.165) is 25.9 Å². The molecule has 6 heteroatoms. The summed E-state index contributed by atoms with van der Waals surface area (Å²) in [6.07, 6.45) is 0.769. The lowest BCUT2D eigenvalue weighted by Crippen LogP contribution is -2.39. The SMILES string of the molecule is Cl.O=C(NCC(O)c1cccc(F)c1)C1CCNCC1. The van der Waals surface area contributed by atoms with Crippen LogP contribution >= 0.6 is 12.4 Å². The van der Waals surface area contributed by atoms with Crippen LogP contribution < -0.4 is 10.6 Å². The average Bonchev–Trinajstić information content (AvgIpc) is 2.45. The van der Waals surface area contributed by atoms with Crippen molar-refractivity contribution in [2.75, 3.05) is 19.6 Å². The Balaban J connectivity index is 0.00000200. The number of aliphatic hydroxyl groups excluding tert-OH is 1. The van der Waals surface area contributed by atoms with Gasteiger partial charge in [0.15, 0.2) is 0 Å². The fraction of sp³-hybridized carbons (Fsp3) is 0.500. The van der Waals surface area contributed by atoms with Gasteiger partial charge in [0, 0.05) is 12.5 Å². The molecule has 2 rings (SSSR count). The number of piperidine rings is 1. The van der Waals surface area contributed by atoms with E-state index < -0.39 is 6.10 Å². The Hall–Kier alpha value is -1.17. The molecule has 1 atom stereocenters. The van der Waals surface area contributed by atoms with Gasteiger partial charge in [-0.3, -0.25) is 4.79 Å². The summed E-state index contributed by atoms with van der Waals surface area (Å²) in [6.45, 7) is 1.82. The van der Waals surface area contributed by atoms with Crippen LogP contribution in [0.1, 0.15) is 24.5 Å². The van der Waals surface area contributed by atoms with Crippen LogP contribution in [0.5, 0.6) is 0 Å². The maximum absolute atomic E-state index is 13.0. The fourth-order valence-electron chi connectivity index (χ4n) is 2.26. The highest BCUT2D eigenvalue weighted by molar-refractivity contribution is 5.85. The molecule has 0 bridgehead atoms. The minimum Gasteiger partial charge on any atom is -0.387 e. The summed E-state index contributed by atoms with van der Waals surface area (Å²) in [5.41, 5.74) is 0.477. The molecule has 1 aromatic rings. The summed E-state index contributed by atoms with van der Waals surface area (Å²) in [4.78, 5) is 11.9. The van der Waals surface area contributed by atoms with E-state index in [4.69, 9.17) is 0 Å². The molecule has 112 valence electrons. The number of hydrogen-bond donors (Lipinski definition) is 3.